The third-order valence-electron chi connectivity index (χ3n) is 15.5. The van der Waals surface area contributed by atoms with Crippen LogP contribution < -0.4 is 5.32 Å². The first kappa shape index (κ1) is 92.0. The minimum Gasteiger partial charge on any atom is -0.394 e. The van der Waals surface area contributed by atoms with Crippen LogP contribution in [0.4, 0.5) is 0 Å². The molecule has 0 spiro atoms. The molecule has 41 heteroatoms. The Balaban J connectivity index is 1.58. The lowest BCUT2D eigenvalue weighted by Gasteiger charge is -2.42. The minimum absolute atomic E-state index is 0.00153. The van der Waals surface area contributed by atoms with Crippen LogP contribution >= 0.6 is 26.9 Å². The first-order chi connectivity index (χ1) is 46.1. The lowest BCUT2D eigenvalue weighted by Crippen LogP contribution is -2.64. The third kappa shape index (κ3) is 37.8. The average molecular weight is 1560 g/mol. The molecule has 3 aliphatic rings. The van der Waals surface area contributed by atoms with Crippen molar-refractivity contribution in [3.05, 3.63) is 0 Å². The molecule has 0 saturated carbocycles. The maximum Gasteiger partial charge on any atom is 0.324 e. The zero-order valence-corrected chi connectivity index (χ0v) is 62.7. The van der Waals surface area contributed by atoms with Gasteiger partial charge in [-0.1, -0.05) is 39.5 Å². The number of amides is 1. The van der Waals surface area contributed by atoms with Gasteiger partial charge in [-0.05, 0) is 111 Å². The van der Waals surface area contributed by atoms with Crippen molar-refractivity contribution in [3.8, 4) is 0 Å². The van der Waals surface area contributed by atoms with Gasteiger partial charge in [-0.3, -0.25) is 4.79 Å². The van der Waals surface area contributed by atoms with Gasteiger partial charge in [0.05, 0.1) is 117 Å². The standard InChI is InChI=1S/C56H111NO32P4S4/c1-40-47(62)49(64)43(33-58)87-53(40)77-23-11-13-27-81-91(69,95)83-29-15-20-74-37-56(36-73-19-9-7-5-6-8-10-26-80-90(68,94)72-4,39-76-22-17-31-85-93(71,97)86-32-18-25-78-54-41(2)48(63)50(65)44(34-59)88-54)38-75-21-16-30-84-92(70,96)82-28-14-12-24-79-55-46(57-42(3)61)52(67)51(66)45(35-60)89-55/h40-41,43-55,58-60,62-67H,5-39H2,1-4H3,(H,57,61)(H,68,94)(H,69,95)(H,70,96)(H,71,97)/t40?,41?,43?,44?,45?,46?,47-,48-,49+,50+,51+,52-,53-,54-,55-,56?,90?,91?,92?,93?/m1/s1. The number of carbonyl (C=O) groups is 1. The first-order valence-corrected chi connectivity index (χ1v) is 43.1. The van der Waals surface area contributed by atoms with Gasteiger partial charge in [0, 0.05) is 65.5 Å². The maximum absolute atomic E-state index is 11.8. The van der Waals surface area contributed by atoms with Crippen LogP contribution in [0.1, 0.15) is 111 Å². The zero-order valence-electron chi connectivity index (χ0n) is 55.9. The van der Waals surface area contributed by atoms with Crippen molar-refractivity contribution in [2.24, 2.45) is 17.3 Å². The Morgan fingerprint density at radius 2 is 0.660 bits per heavy atom. The highest BCUT2D eigenvalue weighted by Gasteiger charge is 2.46. The number of hydrogen-bond acceptors (Lipinski definition) is 32. The van der Waals surface area contributed by atoms with Gasteiger partial charge in [0.1, 0.15) is 48.8 Å². The van der Waals surface area contributed by atoms with Gasteiger partial charge < -0.3 is 154 Å². The quantitative estimate of drug-likeness (QED) is 0.0301. The molecule has 0 bridgehead atoms. The molecule has 0 aliphatic carbocycles. The molecule has 11 unspecified atom stereocenters. The number of hydrogen-bond donors (Lipinski definition) is 14. The zero-order chi connectivity index (χ0) is 71.9. The van der Waals surface area contributed by atoms with Crippen LogP contribution in [0.2, 0.25) is 0 Å². The minimum atomic E-state index is -3.70. The molecule has 0 radical (unpaired) electrons. The summed E-state index contributed by atoms with van der Waals surface area (Å²) >= 11 is 20.6. The van der Waals surface area contributed by atoms with E-state index < -0.39 is 150 Å². The summed E-state index contributed by atoms with van der Waals surface area (Å²) in [6.07, 6.45) is -5.98. The van der Waals surface area contributed by atoms with Crippen molar-refractivity contribution < 1.29 is 154 Å². The van der Waals surface area contributed by atoms with Gasteiger partial charge in [-0.15, -0.1) is 0 Å². The third-order valence-corrected chi connectivity index (χ3v) is 22.1. The molecule has 0 aromatic carbocycles. The van der Waals surface area contributed by atoms with Crippen LogP contribution in [0.5, 0.6) is 0 Å². The molecule has 1 amide bonds. The number of aliphatic hydroxyl groups is 9. The largest absolute Gasteiger partial charge is 0.394 e. The molecule has 0 aromatic rings. The molecule has 20 atom stereocenters. The number of carbonyl (C=O) groups excluding carboxylic acids is 1. The van der Waals surface area contributed by atoms with Crippen LogP contribution in [0.15, 0.2) is 0 Å². The van der Waals surface area contributed by atoms with E-state index in [9.17, 15) is 70.3 Å². The van der Waals surface area contributed by atoms with E-state index in [0.29, 0.717) is 51.7 Å². The Bertz CT molecular complexity index is 2290. The smallest absolute Gasteiger partial charge is 0.324 e. The van der Waals surface area contributed by atoms with Crippen molar-refractivity contribution in [1.29, 1.82) is 0 Å². The van der Waals surface area contributed by atoms with Gasteiger partial charge in [0.15, 0.2) is 18.9 Å². The Morgan fingerprint density at radius 1 is 0.392 bits per heavy atom. The van der Waals surface area contributed by atoms with Gasteiger partial charge in [0.25, 0.3) is 0 Å². The van der Waals surface area contributed by atoms with E-state index >= 15 is 0 Å². The fourth-order valence-corrected chi connectivity index (χ4v) is 14.2. The molecule has 97 heavy (non-hydrogen) atoms. The van der Waals surface area contributed by atoms with Crippen molar-refractivity contribution in [2.75, 3.05) is 146 Å². The van der Waals surface area contributed by atoms with Crippen LogP contribution in [0, 0.1) is 17.3 Å². The van der Waals surface area contributed by atoms with Crippen LogP contribution in [-0.4, -0.2) is 297 Å². The van der Waals surface area contributed by atoms with Crippen molar-refractivity contribution in [2.45, 2.75) is 191 Å². The predicted molar refractivity (Wildman–Crippen MR) is 362 cm³/mol. The van der Waals surface area contributed by atoms with E-state index in [1.165, 1.54) is 14.0 Å². The molecule has 14 N–H and O–H groups in total. The Kier molecular flexibility index (Phi) is 47.8. The molecule has 0 aromatic heterocycles. The second kappa shape index (κ2) is 50.4. The van der Waals surface area contributed by atoms with Crippen LogP contribution in [0.3, 0.4) is 0 Å². The van der Waals surface area contributed by atoms with Crippen LogP contribution in [0.25, 0.3) is 0 Å². The van der Waals surface area contributed by atoms with E-state index in [1.807, 2.05) is 0 Å². The Morgan fingerprint density at radius 3 is 1.02 bits per heavy atom. The fraction of sp³-hybridized carbons (Fsp3) is 0.982. The van der Waals surface area contributed by atoms with Crippen molar-refractivity contribution in [1.82, 2.24) is 5.32 Å². The Hall–Kier alpha value is 0.830. The van der Waals surface area contributed by atoms with E-state index in [-0.39, 0.29) is 125 Å². The summed E-state index contributed by atoms with van der Waals surface area (Å²) in [5, 5.41) is 92.8. The highest BCUT2D eigenvalue weighted by molar-refractivity contribution is 8.08. The van der Waals surface area contributed by atoms with Gasteiger partial charge in [0.2, 0.25) is 5.91 Å². The normalized spacial score (nSPS) is 29.5. The molecule has 3 rings (SSSR count). The predicted octanol–water partition coefficient (Wildman–Crippen LogP) is 1.27. The molecule has 576 valence electrons. The summed E-state index contributed by atoms with van der Waals surface area (Å²) in [7, 11) is 1.31. The van der Waals surface area contributed by atoms with Gasteiger partial charge in [-0.25, -0.2) is 0 Å². The second-order valence-electron chi connectivity index (χ2n) is 23.7. The van der Waals surface area contributed by atoms with E-state index in [1.54, 1.807) is 13.8 Å². The summed E-state index contributed by atoms with van der Waals surface area (Å²) in [5.74, 6) is -1.62. The van der Waals surface area contributed by atoms with Gasteiger partial charge >= 0.3 is 26.9 Å². The summed E-state index contributed by atoms with van der Waals surface area (Å²) in [5.41, 5.74) is -0.927. The highest BCUT2D eigenvalue weighted by atomic mass is 32.5. The first-order valence-electron chi connectivity index (χ1n) is 32.8. The number of rotatable bonds is 58. The number of ether oxygens (including phenoxy) is 10. The number of nitrogens with one attached hydrogen (secondary N) is 1. The molecule has 3 fully saturated rings. The van der Waals surface area contributed by atoms with E-state index in [0.717, 1.165) is 32.1 Å². The summed E-state index contributed by atoms with van der Waals surface area (Å²) in [6.45, 7) is -9.56. The van der Waals surface area contributed by atoms with E-state index in [4.69, 9.17) is 131 Å². The lowest BCUT2D eigenvalue weighted by molar-refractivity contribution is -0.282. The maximum atomic E-state index is 11.8. The monoisotopic (exact) mass is 1560 g/mol. The summed E-state index contributed by atoms with van der Waals surface area (Å²) in [6, 6.07) is -1.10. The molecule has 3 heterocycles. The van der Waals surface area contributed by atoms with Gasteiger partial charge in [-0.2, -0.15) is 0 Å². The highest BCUT2D eigenvalue weighted by Crippen LogP contribution is 2.46. The molecular formula is C56H111NO32P4S4. The summed E-state index contributed by atoms with van der Waals surface area (Å²) < 4.78 is 102. The number of unbranched alkanes of at least 4 members (excludes halogenated alkanes) is 7. The average Bonchev–Trinajstić information content (AvgIpc) is 0.832. The van der Waals surface area contributed by atoms with Crippen LogP contribution in [-0.2, 0) is 136 Å². The Labute approximate surface area is 589 Å². The lowest BCUT2D eigenvalue weighted by atomic mass is 9.92. The molecule has 3 aliphatic heterocycles. The topological polar surface area (TPSA) is 458 Å². The van der Waals surface area contributed by atoms with Crippen molar-refractivity contribution in [3.63, 3.8) is 0 Å². The molecule has 33 nitrogen and oxygen atoms in total. The number of aliphatic hydroxyl groups excluding tert-OH is 9. The molecular weight excluding hydrogens is 1450 g/mol. The van der Waals surface area contributed by atoms with Crippen molar-refractivity contribution >= 4 is 80.0 Å². The molecule has 3 saturated heterocycles. The summed E-state index contributed by atoms with van der Waals surface area (Å²) in [4.78, 5) is 54.0. The second-order valence-corrected chi connectivity index (χ2v) is 35.2. The fourth-order valence-electron chi connectivity index (χ4n) is 9.82. The van der Waals surface area contributed by atoms with E-state index in [2.05, 4.69) is 5.32 Å². The SMILES string of the molecule is COP(O)(=S)OCCCCCCCCOCC(COCCCOP(O)(=S)OCCCCO[C@@H]1OC(CO)[C@H](O)[C@H](O)C1C)(COCCCOP(O)(=S)OCCCCO[C@@H]1OC(CO)[C@H](O)[C@H](O)C1NC(C)=O)COCCCOP(O)(=S)OCCCO[C@@H]1OC(CO)[C@H](O)[C@H](O)C1C.